The van der Waals surface area contributed by atoms with Gasteiger partial charge in [-0.2, -0.15) is 0 Å². The van der Waals surface area contributed by atoms with Gasteiger partial charge in [-0.3, -0.25) is 0 Å². The topological polar surface area (TPSA) is 44.2 Å². The minimum atomic E-state index is -0.386. The second-order valence-electron chi connectivity index (χ2n) is 11.0. The molecule has 4 nitrogen and oxygen atoms in total. The molecule has 0 spiro atoms. The zero-order chi connectivity index (χ0) is 27.0. The smallest absolute Gasteiger partial charge is 0.399 e. The Balaban J connectivity index is 1.33. The predicted octanol–water partition coefficient (Wildman–Crippen LogP) is 7.44. The molecule has 0 saturated carbocycles. The van der Waals surface area contributed by atoms with Crippen molar-refractivity contribution in [1.29, 1.82) is 0 Å². The number of hydrogen-bond acceptors (Lipinski definition) is 4. The summed E-state index contributed by atoms with van der Waals surface area (Å²) in [6, 6.07) is 39.4. The van der Waals surface area contributed by atoms with Crippen LogP contribution in [-0.2, 0) is 9.31 Å². The SMILES string of the molecule is CC1(C)OB(c2cccc(-c3ccc(-c4cc(-c5ccccc5)nc(-c5ccccc5)n4)cc3)c2)OC1(C)C. The molecular weight excluding hydrogens is 479 g/mol. The van der Waals surface area contributed by atoms with Crippen LogP contribution in [0.5, 0.6) is 0 Å². The Bertz CT molecular complexity index is 1530. The largest absolute Gasteiger partial charge is 0.494 e. The molecule has 0 amide bonds. The third kappa shape index (κ3) is 5.03. The van der Waals surface area contributed by atoms with Gasteiger partial charge in [0, 0.05) is 16.7 Å². The van der Waals surface area contributed by atoms with Crippen LogP contribution >= 0.6 is 0 Å². The fraction of sp³-hybridized carbons (Fsp3) is 0.176. The molecule has 39 heavy (non-hydrogen) atoms. The van der Waals surface area contributed by atoms with Crippen molar-refractivity contribution in [2.24, 2.45) is 0 Å². The van der Waals surface area contributed by atoms with Crippen molar-refractivity contribution in [1.82, 2.24) is 9.97 Å². The Labute approximate surface area is 230 Å². The molecule has 2 heterocycles. The monoisotopic (exact) mass is 510 g/mol. The van der Waals surface area contributed by atoms with E-state index in [1.807, 2.05) is 48.5 Å². The van der Waals surface area contributed by atoms with Gasteiger partial charge in [-0.25, -0.2) is 9.97 Å². The lowest BCUT2D eigenvalue weighted by molar-refractivity contribution is 0.00578. The van der Waals surface area contributed by atoms with Gasteiger partial charge in [-0.15, -0.1) is 0 Å². The average Bonchev–Trinajstić information content (AvgIpc) is 3.20. The van der Waals surface area contributed by atoms with E-state index >= 15 is 0 Å². The maximum atomic E-state index is 6.28. The summed E-state index contributed by atoms with van der Waals surface area (Å²) in [5, 5.41) is 0. The van der Waals surface area contributed by atoms with Crippen molar-refractivity contribution in [3.63, 3.8) is 0 Å². The van der Waals surface area contributed by atoms with Crippen molar-refractivity contribution >= 4 is 12.6 Å². The van der Waals surface area contributed by atoms with Gasteiger partial charge in [0.15, 0.2) is 5.82 Å². The second kappa shape index (κ2) is 9.92. The Hall–Kier alpha value is -4.06. The molecule has 0 bridgehead atoms. The zero-order valence-corrected chi connectivity index (χ0v) is 22.8. The van der Waals surface area contributed by atoms with E-state index < -0.39 is 0 Å². The normalized spacial score (nSPS) is 15.8. The van der Waals surface area contributed by atoms with E-state index in [1.165, 1.54) is 0 Å². The quantitative estimate of drug-likeness (QED) is 0.231. The minimum absolute atomic E-state index is 0.371. The highest BCUT2D eigenvalue weighted by Gasteiger charge is 2.51. The maximum Gasteiger partial charge on any atom is 0.494 e. The molecule has 1 aliphatic rings. The number of benzene rings is 4. The summed E-state index contributed by atoms with van der Waals surface area (Å²) >= 11 is 0. The van der Waals surface area contributed by atoms with Crippen LogP contribution in [0.1, 0.15) is 27.7 Å². The zero-order valence-electron chi connectivity index (χ0n) is 22.8. The van der Waals surface area contributed by atoms with Crippen molar-refractivity contribution < 1.29 is 9.31 Å². The molecule has 1 saturated heterocycles. The van der Waals surface area contributed by atoms with Gasteiger partial charge in [-0.1, -0.05) is 109 Å². The van der Waals surface area contributed by atoms with Crippen molar-refractivity contribution in [2.45, 2.75) is 38.9 Å². The molecule has 4 aromatic carbocycles. The number of rotatable bonds is 5. The molecule has 0 N–H and O–H groups in total. The van der Waals surface area contributed by atoms with Crippen LogP contribution in [0.15, 0.2) is 115 Å². The Kier molecular flexibility index (Phi) is 6.42. The van der Waals surface area contributed by atoms with Crippen molar-refractivity contribution in [3.8, 4) is 45.0 Å². The van der Waals surface area contributed by atoms with Crippen LogP contribution < -0.4 is 5.46 Å². The van der Waals surface area contributed by atoms with E-state index in [-0.39, 0.29) is 18.3 Å². The van der Waals surface area contributed by atoms with Gasteiger partial charge in [0.25, 0.3) is 0 Å². The summed E-state index contributed by atoms with van der Waals surface area (Å²) in [6.07, 6.45) is 0. The number of aromatic nitrogens is 2. The maximum absolute atomic E-state index is 6.28. The molecule has 5 aromatic rings. The molecule has 1 fully saturated rings. The van der Waals surface area contributed by atoms with Crippen LogP contribution in [0, 0.1) is 0 Å². The summed E-state index contributed by atoms with van der Waals surface area (Å²) in [7, 11) is -0.386. The highest BCUT2D eigenvalue weighted by atomic mass is 16.7. The fourth-order valence-electron chi connectivity index (χ4n) is 4.75. The first-order valence-electron chi connectivity index (χ1n) is 13.4. The molecule has 5 heteroatoms. The van der Waals surface area contributed by atoms with E-state index in [0.29, 0.717) is 5.82 Å². The lowest BCUT2D eigenvalue weighted by Crippen LogP contribution is -2.41. The lowest BCUT2D eigenvalue weighted by atomic mass is 9.78. The lowest BCUT2D eigenvalue weighted by Gasteiger charge is -2.32. The van der Waals surface area contributed by atoms with E-state index in [2.05, 4.69) is 94.4 Å². The third-order valence-corrected chi connectivity index (χ3v) is 7.75. The highest BCUT2D eigenvalue weighted by Crippen LogP contribution is 2.37. The average molecular weight is 510 g/mol. The first kappa shape index (κ1) is 25.2. The molecule has 6 rings (SSSR count). The molecule has 192 valence electrons. The third-order valence-electron chi connectivity index (χ3n) is 7.75. The molecule has 0 radical (unpaired) electrons. The number of hydrogen-bond donors (Lipinski definition) is 0. The van der Waals surface area contributed by atoms with Gasteiger partial charge in [0.2, 0.25) is 0 Å². The van der Waals surface area contributed by atoms with E-state index in [0.717, 1.165) is 44.7 Å². The molecule has 0 unspecified atom stereocenters. The van der Waals surface area contributed by atoms with Crippen molar-refractivity contribution in [3.05, 3.63) is 115 Å². The fourth-order valence-corrected chi connectivity index (χ4v) is 4.75. The summed E-state index contributed by atoms with van der Waals surface area (Å²) in [6.45, 7) is 8.31. The second-order valence-corrected chi connectivity index (χ2v) is 11.0. The van der Waals surface area contributed by atoms with Gasteiger partial charge in [-0.05, 0) is 50.4 Å². The van der Waals surface area contributed by atoms with Crippen molar-refractivity contribution in [2.75, 3.05) is 0 Å². The first-order valence-corrected chi connectivity index (χ1v) is 13.4. The molecule has 0 aliphatic carbocycles. The molecule has 0 atom stereocenters. The summed E-state index contributed by atoms with van der Waals surface area (Å²) in [5.41, 5.74) is 7.41. The summed E-state index contributed by atoms with van der Waals surface area (Å²) in [5.74, 6) is 0.714. The Morgan fingerprint density at radius 1 is 0.487 bits per heavy atom. The van der Waals surface area contributed by atoms with E-state index in [1.54, 1.807) is 0 Å². The Morgan fingerprint density at radius 2 is 0.974 bits per heavy atom. The molecule has 1 aliphatic heterocycles. The van der Waals surface area contributed by atoms with Crippen LogP contribution in [0.2, 0.25) is 0 Å². The standard InChI is InChI=1S/C34H31BN2O2/c1-33(2)34(3,4)39-35(38-33)29-17-11-16-28(22-29)24-18-20-26(21-19-24)31-23-30(25-12-7-5-8-13-25)36-32(37-31)27-14-9-6-10-15-27/h5-23H,1-4H3. The minimum Gasteiger partial charge on any atom is -0.399 e. The van der Waals surface area contributed by atoms with Crippen LogP contribution in [-0.4, -0.2) is 28.3 Å². The molecular formula is C34H31BN2O2. The van der Waals surface area contributed by atoms with Crippen LogP contribution in [0.3, 0.4) is 0 Å². The molecule has 1 aromatic heterocycles. The predicted molar refractivity (Wildman–Crippen MR) is 159 cm³/mol. The summed E-state index contributed by atoms with van der Waals surface area (Å²) in [4.78, 5) is 9.85. The summed E-state index contributed by atoms with van der Waals surface area (Å²) < 4.78 is 12.6. The van der Waals surface area contributed by atoms with Gasteiger partial charge >= 0.3 is 7.12 Å². The van der Waals surface area contributed by atoms with Gasteiger partial charge in [0.05, 0.1) is 22.6 Å². The van der Waals surface area contributed by atoms with E-state index in [9.17, 15) is 0 Å². The van der Waals surface area contributed by atoms with Crippen LogP contribution in [0.4, 0.5) is 0 Å². The first-order chi connectivity index (χ1) is 18.8. The van der Waals surface area contributed by atoms with Crippen LogP contribution in [0.25, 0.3) is 45.0 Å². The van der Waals surface area contributed by atoms with Gasteiger partial charge < -0.3 is 9.31 Å². The van der Waals surface area contributed by atoms with E-state index in [4.69, 9.17) is 19.3 Å². The van der Waals surface area contributed by atoms with Gasteiger partial charge in [0.1, 0.15) is 0 Å². The highest BCUT2D eigenvalue weighted by molar-refractivity contribution is 6.62. The number of nitrogens with zero attached hydrogens (tertiary/aromatic N) is 2. The Morgan fingerprint density at radius 3 is 1.56 bits per heavy atom.